The monoisotopic (exact) mass is 277 g/mol. The molecule has 1 saturated heterocycles. The lowest BCUT2D eigenvalue weighted by atomic mass is 9.64. The van der Waals surface area contributed by atoms with E-state index in [9.17, 15) is 4.79 Å². The molecule has 2 nitrogen and oxygen atoms in total. The summed E-state index contributed by atoms with van der Waals surface area (Å²) in [6.07, 6.45) is 1.03. The van der Waals surface area contributed by atoms with Gasteiger partial charge in [0.15, 0.2) is 0 Å². The van der Waals surface area contributed by atoms with Gasteiger partial charge in [0.2, 0.25) is 5.91 Å². The molecule has 0 aromatic heterocycles. The van der Waals surface area contributed by atoms with Gasteiger partial charge >= 0.3 is 0 Å². The number of amides is 1. The van der Waals surface area contributed by atoms with Crippen molar-refractivity contribution >= 4 is 5.91 Å². The fraction of sp³-hybridized carbons (Fsp3) is 0.316. The maximum absolute atomic E-state index is 12.5. The van der Waals surface area contributed by atoms with Gasteiger partial charge in [-0.05, 0) is 29.4 Å². The minimum atomic E-state index is 0.263. The van der Waals surface area contributed by atoms with E-state index in [1.807, 2.05) is 23.1 Å². The second-order valence-corrected chi connectivity index (χ2v) is 6.23. The minimum Gasteiger partial charge on any atom is -0.338 e. The van der Waals surface area contributed by atoms with Crippen LogP contribution in [0.2, 0.25) is 0 Å². The predicted molar refractivity (Wildman–Crippen MR) is 82.6 cm³/mol. The average Bonchev–Trinajstić information content (AvgIpc) is 2.74. The highest BCUT2D eigenvalue weighted by Gasteiger charge is 2.52. The smallest absolute Gasteiger partial charge is 0.226 e. The van der Waals surface area contributed by atoms with Crippen molar-refractivity contribution in [2.75, 3.05) is 6.54 Å². The van der Waals surface area contributed by atoms with E-state index in [-0.39, 0.29) is 5.92 Å². The molecule has 0 bridgehead atoms. The lowest BCUT2D eigenvalue weighted by Crippen LogP contribution is -2.35. The van der Waals surface area contributed by atoms with Gasteiger partial charge < -0.3 is 4.90 Å². The summed E-state index contributed by atoms with van der Waals surface area (Å²) in [6.45, 7) is 1.67. The third-order valence-corrected chi connectivity index (χ3v) is 5.05. The molecule has 2 aromatic carbocycles. The Balaban J connectivity index is 1.48. The first-order valence-corrected chi connectivity index (χ1v) is 7.70. The number of carbonyl (C=O) groups excluding carboxylic acids is 1. The van der Waals surface area contributed by atoms with Crippen LogP contribution in [0, 0.1) is 11.8 Å². The maximum Gasteiger partial charge on any atom is 0.226 e. The van der Waals surface area contributed by atoms with Crippen molar-refractivity contribution in [3.8, 4) is 0 Å². The zero-order valence-electron chi connectivity index (χ0n) is 12.0. The molecule has 2 fully saturated rings. The molecule has 1 heterocycles. The first-order chi connectivity index (χ1) is 10.3. The van der Waals surface area contributed by atoms with Crippen LogP contribution in [0.15, 0.2) is 60.7 Å². The first kappa shape index (κ1) is 12.6. The predicted octanol–water partition coefficient (Wildman–Crippen LogP) is 3.45. The Morgan fingerprint density at radius 3 is 2.29 bits per heavy atom. The van der Waals surface area contributed by atoms with E-state index >= 15 is 0 Å². The van der Waals surface area contributed by atoms with Gasteiger partial charge in [-0.3, -0.25) is 4.79 Å². The summed E-state index contributed by atoms with van der Waals surface area (Å²) in [5, 5.41) is 0. The highest BCUT2D eigenvalue weighted by atomic mass is 16.2. The normalized spacial score (nSPS) is 27.3. The van der Waals surface area contributed by atoms with Crippen molar-refractivity contribution in [3.05, 3.63) is 71.8 Å². The van der Waals surface area contributed by atoms with Crippen LogP contribution < -0.4 is 0 Å². The number of rotatable bonds is 3. The lowest BCUT2D eigenvalue weighted by molar-refractivity contribution is -0.133. The van der Waals surface area contributed by atoms with Gasteiger partial charge in [0.05, 0.1) is 0 Å². The van der Waals surface area contributed by atoms with Gasteiger partial charge in [0.25, 0.3) is 0 Å². The molecule has 2 aliphatic rings. The molecule has 1 aliphatic carbocycles. The Bertz CT molecular complexity index is 637. The Morgan fingerprint density at radius 1 is 0.905 bits per heavy atom. The minimum absolute atomic E-state index is 0.263. The molecule has 0 radical (unpaired) electrons. The number of fused-ring (bicyclic) bond motifs is 1. The third kappa shape index (κ3) is 2.15. The van der Waals surface area contributed by atoms with E-state index in [1.54, 1.807) is 0 Å². The van der Waals surface area contributed by atoms with Crippen molar-refractivity contribution in [2.24, 2.45) is 11.8 Å². The number of benzene rings is 2. The van der Waals surface area contributed by atoms with Gasteiger partial charge in [0.1, 0.15) is 0 Å². The molecule has 1 amide bonds. The SMILES string of the molecule is O=C1[C@H]2C[C@H](c3ccccc3)[C@H]2CN1Cc1ccccc1. The quantitative estimate of drug-likeness (QED) is 0.841. The Kier molecular flexibility index (Phi) is 3.03. The summed E-state index contributed by atoms with van der Waals surface area (Å²) in [6, 6.07) is 20.9. The largest absolute Gasteiger partial charge is 0.338 e. The molecular formula is C19H19NO. The molecular weight excluding hydrogens is 258 g/mol. The fourth-order valence-corrected chi connectivity index (χ4v) is 3.85. The van der Waals surface area contributed by atoms with Crippen molar-refractivity contribution in [1.29, 1.82) is 0 Å². The number of nitrogens with zero attached hydrogens (tertiary/aromatic N) is 1. The highest BCUT2D eigenvalue weighted by Crippen LogP contribution is 2.52. The van der Waals surface area contributed by atoms with E-state index in [2.05, 4.69) is 42.5 Å². The zero-order valence-corrected chi connectivity index (χ0v) is 12.0. The Labute approximate surface area is 125 Å². The summed E-state index contributed by atoms with van der Waals surface area (Å²) < 4.78 is 0. The molecule has 4 rings (SSSR count). The molecule has 1 aliphatic heterocycles. The van der Waals surface area contributed by atoms with Crippen molar-refractivity contribution in [2.45, 2.75) is 18.9 Å². The van der Waals surface area contributed by atoms with E-state index in [1.165, 1.54) is 11.1 Å². The van der Waals surface area contributed by atoms with Crippen LogP contribution in [0.4, 0.5) is 0 Å². The third-order valence-electron chi connectivity index (χ3n) is 5.05. The fourth-order valence-electron chi connectivity index (χ4n) is 3.85. The zero-order chi connectivity index (χ0) is 14.2. The molecule has 2 heteroatoms. The van der Waals surface area contributed by atoms with Crippen LogP contribution in [0.5, 0.6) is 0 Å². The van der Waals surface area contributed by atoms with E-state index in [4.69, 9.17) is 0 Å². The molecule has 3 atom stereocenters. The van der Waals surface area contributed by atoms with Gasteiger partial charge in [0, 0.05) is 19.0 Å². The van der Waals surface area contributed by atoms with Crippen LogP contribution in [-0.2, 0) is 11.3 Å². The van der Waals surface area contributed by atoms with Gasteiger partial charge in [-0.25, -0.2) is 0 Å². The highest BCUT2D eigenvalue weighted by molar-refractivity contribution is 5.83. The van der Waals surface area contributed by atoms with E-state index < -0.39 is 0 Å². The lowest BCUT2D eigenvalue weighted by Gasteiger charge is -2.38. The van der Waals surface area contributed by atoms with Crippen LogP contribution in [-0.4, -0.2) is 17.4 Å². The van der Waals surface area contributed by atoms with Crippen molar-refractivity contribution < 1.29 is 4.79 Å². The Hall–Kier alpha value is -2.09. The standard InChI is InChI=1S/C19H19NO/c21-19-17-11-16(15-9-5-2-6-10-15)18(17)13-20(19)12-14-7-3-1-4-8-14/h1-10,16-18H,11-13H2/t16-,17+,18-/m1/s1. The summed E-state index contributed by atoms with van der Waals surface area (Å²) in [4.78, 5) is 14.5. The second kappa shape index (κ2) is 5.03. The summed E-state index contributed by atoms with van der Waals surface area (Å²) in [5.41, 5.74) is 2.62. The molecule has 0 unspecified atom stereocenters. The average molecular weight is 277 g/mol. The van der Waals surface area contributed by atoms with Crippen molar-refractivity contribution in [3.63, 3.8) is 0 Å². The van der Waals surface area contributed by atoms with Gasteiger partial charge in [-0.15, -0.1) is 0 Å². The summed E-state index contributed by atoms with van der Waals surface area (Å²) in [5.74, 6) is 1.71. The molecule has 2 aromatic rings. The van der Waals surface area contributed by atoms with Crippen LogP contribution in [0.25, 0.3) is 0 Å². The van der Waals surface area contributed by atoms with E-state index in [0.717, 1.165) is 19.5 Å². The molecule has 0 spiro atoms. The maximum atomic E-state index is 12.5. The second-order valence-electron chi connectivity index (χ2n) is 6.23. The van der Waals surface area contributed by atoms with Crippen LogP contribution in [0.3, 0.4) is 0 Å². The summed E-state index contributed by atoms with van der Waals surface area (Å²) in [7, 11) is 0. The number of hydrogen-bond acceptors (Lipinski definition) is 1. The van der Waals surface area contributed by atoms with Gasteiger partial charge in [-0.2, -0.15) is 0 Å². The molecule has 0 N–H and O–H groups in total. The molecule has 106 valence electrons. The molecule has 1 saturated carbocycles. The Morgan fingerprint density at radius 2 is 1.57 bits per heavy atom. The van der Waals surface area contributed by atoms with Crippen LogP contribution in [0.1, 0.15) is 23.5 Å². The topological polar surface area (TPSA) is 20.3 Å². The number of likely N-dealkylation sites (tertiary alicyclic amines) is 1. The van der Waals surface area contributed by atoms with E-state index in [0.29, 0.717) is 17.7 Å². The van der Waals surface area contributed by atoms with Crippen LogP contribution >= 0.6 is 0 Å². The first-order valence-electron chi connectivity index (χ1n) is 7.70. The summed E-state index contributed by atoms with van der Waals surface area (Å²) >= 11 is 0. The molecule has 21 heavy (non-hydrogen) atoms. The number of carbonyl (C=O) groups is 1. The van der Waals surface area contributed by atoms with Gasteiger partial charge in [-0.1, -0.05) is 60.7 Å². The number of hydrogen-bond donors (Lipinski definition) is 0. The van der Waals surface area contributed by atoms with Crippen molar-refractivity contribution in [1.82, 2.24) is 4.90 Å².